The van der Waals surface area contributed by atoms with Gasteiger partial charge in [-0.05, 0) is 42.7 Å². The summed E-state index contributed by atoms with van der Waals surface area (Å²) in [4.78, 5) is 12.7. The van der Waals surface area contributed by atoms with Crippen molar-refractivity contribution in [2.45, 2.75) is 24.7 Å². The van der Waals surface area contributed by atoms with E-state index in [0.29, 0.717) is 5.56 Å². The molecule has 0 aliphatic rings. The van der Waals surface area contributed by atoms with E-state index in [1.165, 1.54) is 0 Å². The smallest absolute Gasteiger partial charge is 0.314 e. The minimum absolute atomic E-state index is 0.0836. The van der Waals surface area contributed by atoms with Crippen LogP contribution in [0.25, 0.3) is 11.1 Å². The van der Waals surface area contributed by atoms with Crippen LogP contribution < -0.4 is 4.72 Å². The molecule has 0 bridgehead atoms. The van der Waals surface area contributed by atoms with Gasteiger partial charge in [0.15, 0.2) is 0 Å². The Morgan fingerprint density at radius 2 is 1.50 bits per heavy atom. The average molecular weight is 424 g/mol. The van der Waals surface area contributed by atoms with E-state index in [1.54, 1.807) is 31.2 Å². The summed E-state index contributed by atoms with van der Waals surface area (Å²) in [5, 5.41) is 0. The number of benzene rings is 3. The zero-order chi connectivity index (χ0) is 21.6. The van der Waals surface area contributed by atoms with Gasteiger partial charge in [0.1, 0.15) is 0 Å². The van der Waals surface area contributed by atoms with Crippen LogP contribution in [0.15, 0.2) is 83.8 Å². The van der Waals surface area contributed by atoms with Gasteiger partial charge < -0.3 is 4.74 Å². The molecule has 0 aliphatic carbocycles. The Kier molecular flexibility index (Phi) is 7.03. The van der Waals surface area contributed by atoms with Crippen LogP contribution in [0, 0.1) is 6.92 Å². The van der Waals surface area contributed by atoms with E-state index in [1.807, 2.05) is 61.5 Å². The molecular formula is C24H25NO4S. The Labute approximate surface area is 177 Å². The predicted octanol–water partition coefficient (Wildman–Crippen LogP) is 4.29. The summed E-state index contributed by atoms with van der Waals surface area (Å²) in [5.74, 6) is -1.20. The molecule has 1 atom stereocenters. The van der Waals surface area contributed by atoms with Crippen molar-refractivity contribution in [2.75, 3.05) is 13.2 Å². The summed E-state index contributed by atoms with van der Waals surface area (Å²) in [6.07, 6.45) is 0. The third kappa shape index (κ3) is 5.34. The molecule has 0 spiro atoms. The Morgan fingerprint density at radius 1 is 0.900 bits per heavy atom. The maximum absolute atomic E-state index is 12.6. The van der Waals surface area contributed by atoms with E-state index in [2.05, 4.69) is 4.72 Å². The van der Waals surface area contributed by atoms with Gasteiger partial charge in [-0.15, -0.1) is 0 Å². The van der Waals surface area contributed by atoms with Gasteiger partial charge in [0.05, 0.1) is 17.4 Å². The molecule has 30 heavy (non-hydrogen) atoms. The molecule has 0 radical (unpaired) electrons. The van der Waals surface area contributed by atoms with Gasteiger partial charge in [-0.2, -0.15) is 0 Å². The summed E-state index contributed by atoms with van der Waals surface area (Å²) in [5.41, 5.74) is 3.75. The number of nitrogens with one attached hydrogen (secondary N) is 1. The molecule has 0 aliphatic heterocycles. The van der Waals surface area contributed by atoms with Crippen molar-refractivity contribution in [1.82, 2.24) is 4.72 Å². The standard InChI is InChI=1S/C24H25NO4S/c1-3-29-24(26)23(17-25-30(27,28)22-15-9-18(2)10-16-22)21-13-11-20(12-14-21)19-7-5-4-6-8-19/h4-16,23,25H,3,17H2,1-2H3. The Hall–Kier alpha value is -2.96. The second kappa shape index (κ2) is 9.69. The number of esters is 1. The highest BCUT2D eigenvalue weighted by molar-refractivity contribution is 7.89. The minimum Gasteiger partial charge on any atom is -0.465 e. The van der Waals surface area contributed by atoms with Gasteiger partial charge in [0.2, 0.25) is 10.0 Å². The van der Waals surface area contributed by atoms with Crippen molar-refractivity contribution in [1.29, 1.82) is 0 Å². The van der Waals surface area contributed by atoms with Crippen molar-refractivity contribution in [3.8, 4) is 11.1 Å². The molecule has 0 saturated carbocycles. The molecule has 3 aromatic carbocycles. The van der Waals surface area contributed by atoms with Crippen molar-refractivity contribution >= 4 is 16.0 Å². The molecule has 5 nitrogen and oxygen atoms in total. The van der Waals surface area contributed by atoms with Gasteiger partial charge in [0.25, 0.3) is 0 Å². The largest absolute Gasteiger partial charge is 0.465 e. The number of ether oxygens (including phenoxy) is 1. The molecule has 0 heterocycles. The lowest BCUT2D eigenvalue weighted by molar-refractivity contribution is -0.144. The van der Waals surface area contributed by atoms with Gasteiger partial charge >= 0.3 is 5.97 Å². The lowest BCUT2D eigenvalue weighted by Gasteiger charge is -2.17. The second-order valence-electron chi connectivity index (χ2n) is 6.96. The highest BCUT2D eigenvalue weighted by atomic mass is 32.2. The molecule has 0 amide bonds. The van der Waals surface area contributed by atoms with Crippen LogP contribution in [-0.4, -0.2) is 27.5 Å². The molecular weight excluding hydrogens is 398 g/mol. The van der Waals surface area contributed by atoms with E-state index >= 15 is 0 Å². The number of aryl methyl sites for hydroxylation is 1. The topological polar surface area (TPSA) is 72.5 Å². The van der Waals surface area contributed by atoms with E-state index in [-0.39, 0.29) is 18.0 Å². The van der Waals surface area contributed by atoms with Crippen LogP contribution in [-0.2, 0) is 19.6 Å². The van der Waals surface area contributed by atoms with Crippen molar-refractivity contribution < 1.29 is 17.9 Å². The first kappa shape index (κ1) is 21.7. The Bertz CT molecular complexity index is 1080. The van der Waals surface area contributed by atoms with Gasteiger partial charge in [-0.1, -0.05) is 72.3 Å². The molecule has 1 unspecified atom stereocenters. The summed E-state index contributed by atoms with van der Waals surface area (Å²) < 4.78 is 33.0. The molecule has 0 saturated heterocycles. The van der Waals surface area contributed by atoms with E-state index in [0.717, 1.165) is 16.7 Å². The fraction of sp³-hybridized carbons (Fsp3) is 0.208. The highest BCUT2D eigenvalue weighted by Crippen LogP contribution is 2.24. The SMILES string of the molecule is CCOC(=O)C(CNS(=O)(=O)c1ccc(C)cc1)c1ccc(-c2ccccc2)cc1. The quantitative estimate of drug-likeness (QED) is 0.549. The Morgan fingerprint density at radius 3 is 2.10 bits per heavy atom. The number of rotatable bonds is 8. The number of sulfonamides is 1. The second-order valence-corrected chi connectivity index (χ2v) is 8.72. The maximum Gasteiger partial charge on any atom is 0.314 e. The molecule has 0 fully saturated rings. The summed E-state index contributed by atoms with van der Waals surface area (Å²) in [7, 11) is -3.74. The first-order chi connectivity index (χ1) is 14.4. The molecule has 6 heteroatoms. The maximum atomic E-state index is 12.6. The van der Waals surface area contributed by atoms with Gasteiger partial charge in [-0.25, -0.2) is 13.1 Å². The Balaban J connectivity index is 1.81. The van der Waals surface area contributed by atoms with Crippen LogP contribution in [0.2, 0.25) is 0 Å². The van der Waals surface area contributed by atoms with Crippen LogP contribution in [0.5, 0.6) is 0 Å². The van der Waals surface area contributed by atoms with E-state index in [4.69, 9.17) is 4.74 Å². The lowest BCUT2D eigenvalue weighted by Crippen LogP contribution is -2.32. The molecule has 1 N–H and O–H groups in total. The van der Waals surface area contributed by atoms with Crippen LogP contribution >= 0.6 is 0 Å². The zero-order valence-corrected chi connectivity index (χ0v) is 17.9. The summed E-state index contributed by atoms with van der Waals surface area (Å²) in [6, 6.07) is 24.0. The van der Waals surface area contributed by atoms with Crippen LogP contribution in [0.1, 0.15) is 24.0 Å². The van der Waals surface area contributed by atoms with Crippen LogP contribution in [0.3, 0.4) is 0 Å². The molecule has 3 aromatic rings. The van der Waals surface area contributed by atoms with Crippen molar-refractivity contribution in [2.24, 2.45) is 0 Å². The fourth-order valence-corrected chi connectivity index (χ4v) is 4.16. The first-order valence-corrected chi connectivity index (χ1v) is 11.3. The predicted molar refractivity (Wildman–Crippen MR) is 118 cm³/mol. The molecule has 0 aromatic heterocycles. The lowest BCUT2D eigenvalue weighted by atomic mass is 9.96. The number of carbonyl (C=O) groups excluding carboxylic acids is 1. The third-order valence-electron chi connectivity index (χ3n) is 4.80. The van der Waals surface area contributed by atoms with Crippen molar-refractivity contribution in [3.63, 3.8) is 0 Å². The fourth-order valence-electron chi connectivity index (χ4n) is 3.11. The summed E-state index contributed by atoms with van der Waals surface area (Å²) >= 11 is 0. The summed E-state index contributed by atoms with van der Waals surface area (Å²) in [6.45, 7) is 3.76. The number of hydrogen-bond donors (Lipinski definition) is 1. The minimum atomic E-state index is -3.74. The molecule has 3 rings (SSSR count). The average Bonchev–Trinajstić information content (AvgIpc) is 2.75. The third-order valence-corrected chi connectivity index (χ3v) is 6.24. The van der Waals surface area contributed by atoms with Crippen molar-refractivity contribution in [3.05, 3.63) is 90.0 Å². The monoisotopic (exact) mass is 423 g/mol. The normalized spacial score (nSPS) is 12.3. The zero-order valence-electron chi connectivity index (χ0n) is 17.0. The van der Waals surface area contributed by atoms with E-state index < -0.39 is 21.9 Å². The molecule has 156 valence electrons. The first-order valence-electron chi connectivity index (χ1n) is 9.79. The van der Waals surface area contributed by atoms with Gasteiger partial charge in [0, 0.05) is 6.54 Å². The number of carbonyl (C=O) groups is 1. The number of hydrogen-bond acceptors (Lipinski definition) is 4. The highest BCUT2D eigenvalue weighted by Gasteiger charge is 2.25. The van der Waals surface area contributed by atoms with Gasteiger partial charge in [-0.3, -0.25) is 4.79 Å². The van der Waals surface area contributed by atoms with Crippen LogP contribution in [0.4, 0.5) is 0 Å². The van der Waals surface area contributed by atoms with E-state index in [9.17, 15) is 13.2 Å².